The molecule has 0 saturated heterocycles. The Morgan fingerprint density at radius 3 is 2.38 bits per heavy atom. The molecule has 0 radical (unpaired) electrons. The number of nitrogens with one attached hydrogen (secondary N) is 1. The zero-order valence-corrected chi connectivity index (χ0v) is 11.1. The Labute approximate surface area is 120 Å². The van der Waals surface area contributed by atoms with Crippen molar-refractivity contribution in [2.75, 3.05) is 0 Å². The smallest absolute Gasteiger partial charge is 0.406 e. The first-order valence-corrected chi connectivity index (χ1v) is 6.34. The van der Waals surface area contributed by atoms with E-state index in [0.29, 0.717) is 12.0 Å². The van der Waals surface area contributed by atoms with Crippen molar-refractivity contribution in [1.82, 2.24) is 5.43 Å². The van der Waals surface area contributed by atoms with Gasteiger partial charge in [-0.2, -0.15) is 0 Å². The van der Waals surface area contributed by atoms with Crippen LogP contribution >= 0.6 is 0 Å². The minimum absolute atomic E-state index is 0.256. The second kappa shape index (κ2) is 6.60. The molecule has 0 fully saturated rings. The maximum Gasteiger partial charge on any atom is 0.573 e. The molecule has 2 aromatic carbocycles. The van der Waals surface area contributed by atoms with Crippen molar-refractivity contribution in [2.24, 2.45) is 5.84 Å². The van der Waals surface area contributed by atoms with Gasteiger partial charge in [0.15, 0.2) is 0 Å². The van der Waals surface area contributed by atoms with Crippen LogP contribution in [0.5, 0.6) is 5.75 Å². The molecule has 1 atom stereocenters. The molecular weight excluding hydrogens is 281 g/mol. The van der Waals surface area contributed by atoms with Gasteiger partial charge in [0.05, 0.1) is 6.04 Å². The Hall–Kier alpha value is -2.05. The third-order valence-corrected chi connectivity index (χ3v) is 2.98. The molecule has 0 aliphatic heterocycles. The van der Waals surface area contributed by atoms with Crippen molar-refractivity contribution >= 4 is 0 Å². The normalized spacial score (nSPS) is 13.0. The van der Waals surface area contributed by atoms with E-state index in [1.165, 1.54) is 18.2 Å². The summed E-state index contributed by atoms with van der Waals surface area (Å²) >= 11 is 0. The van der Waals surface area contributed by atoms with Crippen LogP contribution in [0.1, 0.15) is 17.2 Å². The fourth-order valence-electron chi connectivity index (χ4n) is 2.05. The number of benzene rings is 2. The van der Waals surface area contributed by atoms with Crippen LogP contribution in [0.2, 0.25) is 0 Å². The van der Waals surface area contributed by atoms with Gasteiger partial charge in [-0.3, -0.25) is 11.3 Å². The lowest BCUT2D eigenvalue weighted by Crippen LogP contribution is -2.29. The van der Waals surface area contributed by atoms with E-state index in [9.17, 15) is 13.2 Å². The summed E-state index contributed by atoms with van der Waals surface area (Å²) in [4.78, 5) is 0. The number of rotatable bonds is 5. The number of alkyl halides is 3. The summed E-state index contributed by atoms with van der Waals surface area (Å²) in [6.45, 7) is 0. The molecule has 2 aromatic rings. The van der Waals surface area contributed by atoms with Crippen LogP contribution in [0.4, 0.5) is 13.2 Å². The van der Waals surface area contributed by atoms with Crippen LogP contribution in [-0.2, 0) is 6.42 Å². The Kier molecular flexibility index (Phi) is 4.82. The number of nitrogens with two attached hydrogens (primary N) is 1. The molecule has 0 bridgehead atoms. The summed E-state index contributed by atoms with van der Waals surface area (Å²) in [6.07, 6.45) is -4.14. The van der Waals surface area contributed by atoms with Gasteiger partial charge in [-0.05, 0) is 29.7 Å². The molecular formula is C15H15F3N2O. The molecule has 0 aliphatic carbocycles. The van der Waals surface area contributed by atoms with Gasteiger partial charge in [-0.1, -0.05) is 42.5 Å². The molecule has 0 aromatic heterocycles. The largest absolute Gasteiger partial charge is 0.573 e. The van der Waals surface area contributed by atoms with E-state index in [4.69, 9.17) is 5.84 Å². The molecule has 6 heteroatoms. The molecule has 3 N–H and O–H groups in total. The van der Waals surface area contributed by atoms with Crippen molar-refractivity contribution in [3.05, 3.63) is 65.7 Å². The Morgan fingerprint density at radius 1 is 1.05 bits per heavy atom. The number of halogens is 3. The van der Waals surface area contributed by atoms with Gasteiger partial charge in [0.25, 0.3) is 0 Å². The highest BCUT2D eigenvalue weighted by Crippen LogP contribution is 2.26. The third-order valence-electron chi connectivity index (χ3n) is 2.98. The molecule has 0 saturated carbocycles. The first-order chi connectivity index (χ1) is 9.98. The van der Waals surface area contributed by atoms with Crippen molar-refractivity contribution in [3.8, 4) is 5.75 Å². The average molecular weight is 296 g/mol. The monoisotopic (exact) mass is 296 g/mol. The van der Waals surface area contributed by atoms with E-state index >= 15 is 0 Å². The summed E-state index contributed by atoms with van der Waals surface area (Å²) in [7, 11) is 0. The Balaban J connectivity index is 2.16. The van der Waals surface area contributed by atoms with Crippen molar-refractivity contribution in [3.63, 3.8) is 0 Å². The summed E-state index contributed by atoms with van der Waals surface area (Å²) in [5, 5.41) is 0. The summed E-state index contributed by atoms with van der Waals surface area (Å²) in [6, 6.07) is 15.0. The number of hydrazine groups is 1. The third kappa shape index (κ3) is 4.77. The number of ether oxygens (including phenoxy) is 1. The molecule has 1 unspecified atom stereocenters. The second-order valence-electron chi connectivity index (χ2n) is 4.53. The summed E-state index contributed by atoms with van der Waals surface area (Å²) in [5.74, 6) is 5.26. The summed E-state index contributed by atoms with van der Waals surface area (Å²) < 4.78 is 40.6. The van der Waals surface area contributed by atoms with Crippen LogP contribution < -0.4 is 16.0 Å². The molecule has 0 amide bonds. The van der Waals surface area contributed by atoms with Crippen molar-refractivity contribution < 1.29 is 17.9 Å². The van der Waals surface area contributed by atoms with Gasteiger partial charge in [0.2, 0.25) is 0 Å². The first-order valence-electron chi connectivity index (χ1n) is 6.34. The quantitative estimate of drug-likeness (QED) is 0.657. The van der Waals surface area contributed by atoms with Gasteiger partial charge < -0.3 is 4.74 Å². The van der Waals surface area contributed by atoms with Crippen LogP contribution in [-0.4, -0.2) is 6.36 Å². The Morgan fingerprint density at radius 2 is 1.76 bits per heavy atom. The fourth-order valence-corrected chi connectivity index (χ4v) is 2.05. The van der Waals surface area contributed by atoms with Crippen LogP contribution in [0.3, 0.4) is 0 Å². The summed E-state index contributed by atoms with van der Waals surface area (Å²) in [5.41, 5.74) is 4.28. The highest BCUT2D eigenvalue weighted by atomic mass is 19.4. The lowest BCUT2D eigenvalue weighted by Gasteiger charge is -2.18. The van der Waals surface area contributed by atoms with Crippen LogP contribution in [0.25, 0.3) is 0 Å². The van der Waals surface area contributed by atoms with E-state index in [1.54, 1.807) is 6.07 Å². The highest BCUT2D eigenvalue weighted by Gasteiger charge is 2.31. The minimum Gasteiger partial charge on any atom is -0.406 e. The molecule has 0 spiro atoms. The molecule has 2 rings (SSSR count). The standard InChI is InChI=1S/C15H15F3N2O/c16-15(17,18)21-13-8-4-7-12(10-13)14(20-19)9-11-5-2-1-3-6-11/h1-8,10,14,20H,9,19H2. The van der Waals surface area contributed by atoms with E-state index in [2.05, 4.69) is 10.2 Å². The van der Waals surface area contributed by atoms with Gasteiger partial charge in [0, 0.05) is 0 Å². The minimum atomic E-state index is -4.70. The highest BCUT2D eigenvalue weighted by molar-refractivity contribution is 5.32. The predicted octanol–water partition coefficient (Wildman–Crippen LogP) is 3.33. The molecule has 21 heavy (non-hydrogen) atoms. The van der Waals surface area contributed by atoms with Crippen molar-refractivity contribution in [2.45, 2.75) is 18.8 Å². The maximum atomic E-state index is 12.2. The van der Waals surface area contributed by atoms with Gasteiger partial charge in [-0.25, -0.2) is 0 Å². The number of hydrogen-bond donors (Lipinski definition) is 2. The lowest BCUT2D eigenvalue weighted by atomic mass is 9.99. The van der Waals surface area contributed by atoms with Crippen molar-refractivity contribution in [1.29, 1.82) is 0 Å². The van der Waals surface area contributed by atoms with E-state index in [0.717, 1.165) is 5.56 Å². The fraction of sp³-hybridized carbons (Fsp3) is 0.200. The van der Waals surface area contributed by atoms with Crippen LogP contribution in [0, 0.1) is 0 Å². The first kappa shape index (κ1) is 15.3. The topological polar surface area (TPSA) is 47.3 Å². The molecule has 0 aliphatic rings. The van der Waals surface area contributed by atoms with Gasteiger partial charge in [0.1, 0.15) is 5.75 Å². The molecule has 3 nitrogen and oxygen atoms in total. The Bertz CT molecular complexity index is 573. The van der Waals surface area contributed by atoms with Gasteiger partial charge in [-0.15, -0.1) is 13.2 Å². The van der Waals surface area contributed by atoms with Crippen LogP contribution in [0.15, 0.2) is 54.6 Å². The molecule has 0 heterocycles. The van der Waals surface area contributed by atoms with E-state index in [-0.39, 0.29) is 11.8 Å². The SMILES string of the molecule is NNC(Cc1ccccc1)c1cccc(OC(F)(F)F)c1. The average Bonchev–Trinajstić information content (AvgIpc) is 2.44. The van der Waals surface area contributed by atoms with E-state index in [1.807, 2.05) is 30.3 Å². The predicted molar refractivity (Wildman–Crippen MR) is 73.3 cm³/mol. The number of hydrogen-bond acceptors (Lipinski definition) is 3. The molecule has 112 valence electrons. The zero-order valence-electron chi connectivity index (χ0n) is 11.1. The van der Waals surface area contributed by atoms with E-state index < -0.39 is 6.36 Å². The second-order valence-corrected chi connectivity index (χ2v) is 4.53. The maximum absolute atomic E-state index is 12.2. The lowest BCUT2D eigenvalue weighted by molar-refractivity contribution is -0.274. The zero-order chi connectivity index (χ0) is 15.3. The van der Waals surface area contributed by atoms with Gasteiger partial charge >= 0.3 is 6.36 Å².